The van der Waals surface area contributed by atoms with E-state index in [0.29, 0.717) is 38.4 Å². The van der Waals surface area contributed by atoms with Gasteiger partial charge in [-0.25, -0.2) is 9.48 Å². The van der Waals surface area contributed by atoms with E-state index in [2.05, 4.69) is 114 Å². The van der Waals surface area contributed by atoms with Crippen LogP contribution in [0.3, 0.4) is 0 Å². The fourth-order valence-electron chi connectivity index (χ4n) is 8.40. The van der Waals surface area contributed by atoms with E-state index in [1.165, 1.54) is 0 Å². The molecule has 1 saturated carbocycles. The Labute approximate surface area is 298 Å². The molecule has 2 aliphatic heterocycles. The van der Waals surface area contributed by atoms with Gasteiger partial charge in [-0.1, -0.05) is 121 Å². The standard InChI is InChI=1S/C44H40N4O3/c49-41-43(25-27-46(31-43)42(50)51-30-32-13-5-1-6-14-32)26-28-47(41)37-23-24-39-38(29-37)40(33-21-22-33)45-48(39)44(34-15-7-2-8-16-34,35-17-9-3-10-18-35)36-19-11-4-12-20-36/h1-20,23-24,29,33H,21-22,25-28,30-31H2/t43-/m0/s1. The average Bonchev–Trinajstić information content (AvgIpc) is 3.71. The second kappa shape index (κ2) is 12.6. The lowest BCUT2D eigenvalue weighted by Gasteiger charge is -2.37. The van der Waals surface area contributed by atoms with E-state index in [4.69, 9.17) is 9.84 Å². The zero-order valence-corrected chi connectivity index (χ0v) is 28.5. The average molecular weight is 673 g/mol. The van der Waals surface area contributed by atoms with Crippen molar-refractivity contribution in [2.24, 2.45) is 5.41 Å². The van der Waals surface area contributed by atoms with E-state index < -0.39 is 11.0 Å². The largest absolute Gasteiger partial charge is 0.445 e. The van der Waals surface area contributed by atoms with Crippen LogP contribution in [0, 0.1) is 5.41 Å². The summed E-state index contributed by atoms with van der Waals surface area (Å²) >= 11 is 0. The molecule has 7 nitrogen and oxygen atoms in total. The van der Waals surface area contributed by atoms with Crippen LogP contribution in [0.1, 0.15) is 59.5 Å². The molecule has 7 heteroatoms. The molecular formula is C44H40N4O3. The van der Waals surface area contributed by atoms with Crippen LogP contribution in [0.25, 0.3) is 10.9 Å². The monoisotopic (exact) mass is 672 g/mol. The molecule has 0 bridgehead atoms. The minimum absolute atomic E-state index is 0.0905. The molecule has 1 aliphatic carbocycles. The molecule has 3 fully saturated rings. The van der Waals surface area contributed by atoms with Crippen molar-refractivity contribution in [2.75, 3.05) is 24.5 Å². The van der Waals surface area contributed by atoms with Gasteiger partial charge in [0.15, 0.2) is 0 Å². The van der Waals surface area contributed by atoms with Gasteiger partial charge in [-0.2, -0.15) is 5.10 Å². The molecule has 0 N–H and O–H groups in total. The fourth-order valence-corrected chi connectivity index (χ4v) is 8.40. The van der Waals surface area contributed by atoms with Gasteiger partial charge in [0.25, 0.3) is 0 Å². The minimum Gasteiger partial charge on any atom is -0.445 e. The number of benzene rings is 5. The van der Waals surface area contributed by atoms with Crippen molar-refractivity contribution in [2.45, 2.75) is 43.7 Å². The Bertz CT molecular complexity index is 2100. The number of carbonyl (C=O) groups is 2. The number of aromatic nitrogens is 2. The number of carbonyl (C=O) groups excluding carboxylic acids is 2. The van der Waals surface area contributed by atoms with Crippen LogP contribution in [0.5, 0.6) is 0 Å². The van der Waals surface area contributed by atoms with Gasteiger partial charge in [0.1, 0.15) is 12.1 Å². The highest BCUT2D eigenvalue weighted by Crippen LogP contribution is 2.49. The summed E-state index contributed by atoms with van der Waals surface area (Å²) in [7, 11) is 0. The van der Waals surface area contributed by atoms with Crippen molar-refractivity contribution in [3.63, 3.8) is 0 Å². The summed E-state index contributed by atoms with van der Waals surface area (Å²) in [6.07, 6.45) is 3.20. The number of nitrogens with zero attached hydrogens (tertiary/aromatic N) is 4. The Morgan fingerprint density at radius 3 is 1.90 bits per heavy atom. The van der Waals surface area contributed by atoms with E-state index in [0.717, 1.165) is 57.4 Å². The van der Waals surface area contributed by atoms with E-state index >= 15 is 0 Å². The number of rotatable bonds is 8. The summed E-state index contributed by atoms with van der Waals surface area (Å²) in [4.78, 5) is 31.0. The lowest BCUT2D eigenvalue weighted by molar-refractivity contribution is -0.124. The normalized spacial score (nSPS) is 18.9. The maximum atomic E-state index is 14.3. The predicted octanol–water partition coefficient (Wildman–Crippen LogP) is 8.52. The smallest absolute Gasteiger partial charge is 0.410 e. The summed E-state index contributed by atoms with van der Waals surface area (Å²) < 4.78 is 7.87. The third kappa shape index (κ3) is 5.30. The molecule has 3 aliphatic rings. The maximum Gasteiger partial charge on any atom is 0.410 e. The van der Waals surface area contributed by atoms with E-state index in [9.17, 15) is 9.59 Å². The molecule has 1 aromatic heterocycles. The third-order valence-electron chi connectivity index (χ3n) is 11.2. The van der Waals surface area contributed by atoms with Crippen molar-refractivity contribution in [1.29, 1.82) is 0 Å². The van der Waals surface area contributed by atoms with E-state index in [-0.39, 0.29) is 18.6 Å². The molecule has 1 atom stereocenters. The van der Waals surface area contributed by atoms with Gasteiger partial charge in [-0.15, -0.1) is 0 Å². The van der Waals surface area contributed by atoms with Gasteiger partial charge in [0.2, 0.25) is 5.91 Å². The van der Waals surface area contributed by atoms with Crippen LogP contribution < -0.4 is 4.90 Å². The molecule has 51 heavy (non-hydrogen) atoms. The molecule has 3 heterocycles. The summed E-state index contributed by atoms with van der Waals surface area (Å²) in [5, 5.41) is 6.63. The lowest BCUT2D eigenvalue weighted by atomic mass is 9.77. The number of amides is 2. The predicted molar refractivity (Wildman–Crippen MR) is 199 cm³/mol. The Balaban J connectivity index is 1.08. The first kappa shape index (κ1) is 31.3. The first-order chi connectivity index (χ1) is 25.1. The molecule has 0 unspecified atom stereocenters. The van der Waals surface area contributed by atoms with Crippen molar-refractivity contribution < 1.29 is 14.3 Å². The maximum absolute atomic E-state index is 14.3. The zero-order chi connectivity index (χ0) is 34.4. The molecule has 2 amide bonds. The molecule has 0 radical (unpaired) electrons. The Kier molecular flexibility index (Phi) is 7.72. The molecule has 254 valence electrons. The summed E-state index contributed by atoms with van der Waals surface area (Å²) in [6.45, 7) is 1.75. The van der Waals surface area contributed by atoms with Crippen molar-refractivity contribution in [1.82, 2.24) is 14.7 Å². The minimum atomic E-state index is -0.730. The van der Waals surface area contributed by atoms with E-state index in [1.807, 2.05) is 35.2 Å². The van der Waals surface area contributed by atoms with Crippen molar-refractivity contribution in [3.05, 3.63) is 167 Å². The molecule has 9 rings (SSSR count). The second-order valence-corrected chi connectivity index (χ2v) is 14.3. The number of ether oxygens (including phenoxy) is 1. The van der Waals surface area contributed by atoms with Gasteiger partial charge in [0.05, 0.1) is 16.6 Å². The topological polar surface area (TPSA) is 67.7 Å². The highest BCUT2D eigenvalue weighted by molar-refractivity contribution is 6.02. The second-order valence-electron chi connectivity index (χ2n) is 14.3. The van der Waals surface area contributed by atoms with Crippen LogP contribution in [-0.2, 0) is 21.7 Å². The van der Waals surface area contributed by atoms with Crippen LogP contribution >= 0.6 is 0 Å². The van der Waals surface area contributed by atoms with Gasteiger partial charge >= 0.3 is 6.09 Å². The summed E-state index contributed by atoms with van der Waals surface area (Å²) in [5.74, 6) is 0.475. The van der Waals surface area contributed by atoms with Gasteiger partial charge in [-0.05, 0) is 66.1 Å². The van der Waals surface area contributed by atoms with Crippen molar-refractivity contribution in [3.8, 4) is 0 Å². The highest BCUT2D eigenvalue weighted by Gasteiger charge is 2.52. The lowest BCUT2D eigenvalue weighted by Crippen LogP contribution is -2.39. The number of hydrogen-bond acceptors (Lipinski definition) is 4. The van der Waals surface area contributed by atoms with Crippen LogP contribution in [0.15, 0.2) is 140 Å². The molecule has 2 saturated heterocycles. The third-order valence-corrected chi connectivity index (χ3v) is 11.2. The quantitative estimate of drug-likeness (QED) is 0.152. The highest BCUT2D eigenvalue weighted by atomic mass is 16.6. The molecule has 1 spiro atoms. The van der Waals surface area contributed by atoms with Crippen LogP contribution in [0.2, 0.25) is 0 Å². The molecule has 6 aromatic rings. The summed E-state index contributed by atoms with van der Waals surface area (Å²) in [5.41, 5.74) is 6.02. The van der Waals surface area contributed by atoms with Gasteiger partial charge in [-0.3, -0.25) is 4.79 Å². The Hall–Kier alpha value is -5.69. The Morgan fingerprint density at radius 2 is 1.31 bits per heavy atom. The fraction of sp³-hybridized carbons (Fsp3) is 0.250. The number of anilines is 1. The molecule has 5 aromatic carbocycles. The number of hydrogen-bond donors (Lipinski definition) is 0. The number of likely N-dealkylation sites (tertiary alicyclic amines) is 1. The van der Waals surface area contributed by atoms with Gasteiger partial charge in [0, 0.05) is 36.6 Å². The molecular weight excluding hydrogens is 633 g/mol. The zero-order valence-electron chi connectivity index (χ0n) is 28.5. The van der Waals surface area contributed by atoms with Crippen LogP contribution in [0.4, 0.5) is 10.5 Å². The van der Waals surface area contributed by atoms with Crippen LogP contribution in [-0.4, -0.2) is 46.3 Å². The number of fused-ring (bicyclic) bond motifs is 1. The summed E-state index contributed by atoms with van der Waals surface area (Å²) in [6, 6.07) is 48.1. The first-order valence-corrected chi connectivity index (χ1v) is 18.0. The van der Waals surface area contributed by atoms with E-state index in [1.54, 1.807) is 4.90 Å². The SMILES string of the molecule is O=C(OCc1ccccc1)N1CC[C@]2(CCN(c3ccc4c(c3)c(C3CC3)nn4C(c3ccccc3)(c3ccccc3)c3ccccc3)C2=O)C1. The van der Waals surface area contributed by atoms with Crippen molar-refractivity contribution >= 4 is 28.6 Å². The van der Waals surface area contributed by atoms with Gasteiger partial charge < -0.3 is 14.5 Å². The Morgan fingerprint density at radius 1 is 0.745 bits per heavy atom. The first-order valence-electron chi connectivity index (χ1n) is 18.0.